The van der Waals surface area contributed by atoms with Gasteiger partial charge in [0.15, 0.2) is 0 Å². The maximum atomic E-state index is 12.1. The lowest BCUT2D eigenvalue weighted by Crippen LogP contribution is -2.36. The molecule has 0 aromatic heterocycles. The molecule has 4 N–H and O–H groups in total. The van der Waals surface area contributed by atoms with Gasteiger partial charge < -0.3 is 21.1 Å². The van der Waals surface area contributed by atoms with Crippen LogP contribution >= 0.6 is 11.8 Å². The van der Waals surface area contributed by atoms with E-state index in [2.05, 4.69) is 16.0 Å². The van der Waals surface area contributed by atoms with Crippen molar-refractivity contribution < 1.29 is 19.5 Å². The van der Waals surface area contributed by atoms with E-state index in [0.29, 0.717) is 18.1 Å². The first-order chi connectivity index (χ1) is 13.0. The van der Waals surface area contributed by atoms with Crippen molar-refractivity contribution in [2.75, 3.05) is 11.1 Å². The molecule has 146 valence electrons. The first kappa shape index (κ1) is 19.5. The third kappa shape index (κ3) is 5.63. The molecule has 27 heavy (non-hydrogen) atoms. The molecule has 0 unspecified atom stereocenters. The first-order valence-electron chi connectivity index (χ1n) is 9.30. The smallest absolute Gasteiger partial charge is 0.315 e. The topological polar surface area (TPSA) is 108 Å². The summed E-state index contributed by atoms with van der Waals surface area (Å²) in [6, 6.07) is 7.70. The number of anilines is 1. The molecular formula is C19H25N3O4S. The second-order valence-electron chi connectivity index (χ2n) is 7.01. The van der Waals surface area contributed by atoms with Gasteiger partial charge in [0.25, 0.3) is 0 Å². The molecule has 3 atom stereocenters. The summed E-state index contributed by atoms with van der Waals surface area (Å²) in [7, 11) is 0. The molecule has 2 fully saturated rings. The molecule has 2 aliphatic heterocycles. The quantitative estimate of drug-likeness (QED) is 0.382. The second kappa shape index (κ2) is 9.12. The molecule has 2 heterocycles. The van der Waals surface area contributed by atoms with Gasteiger partial charge in [-0.15, -0.1) is 0 Å². The number of amides is 3. The highest BCUT2D eigenvalue weighted by molar-refractivity contribution is 8.00. The molecule has 3 amide bonds. The fourth-order valence-corrected chi connectivity index (χ4v) is 5.05. The van der Waals surface area contributed by atoms with Crippen molar-refractivity contribution in [2.45, 2.75) is 55.9 Å². The van der Waals surface area contributed by atoms with E-state index in [-0.39, 0.29) is 30.4 Å². The fourth-order valence-electron chi connectivity index (χ4n) is 3.50. The Balaban J connectivity index is 1.33. The maximum absolute atomic E-state index is 12.1. The van der Waals surface area contributed by atoms with E-state index in [9.17, 15) is 14.4 Å². The zero-order valence-corrected chi connectivity index (χ0v) is 15.9. The number of hydrogen-bond donors (Lipinski definition) is 4. The zero-order valence-electron chi connectivity index (χ0n) is 15.1. The van der Waals surface area contributed by atoms with Crippen molar-refractivity contribution in [1.82, 2.24) is 10.6 Å². The summed E-state index contributed by atoms with van der Waals surface area (Å²) in [5, 5.41) is 17.9. The first-order valence-corrected chi connectivity index (χ1v) is 10.4. The van der Waals surface area contributed by atoms with E-state index in [1.807, 2.05) is 23.9 Å². The van der Waals surface area contributed by atoms with Gasteiger partial charge in [0.2, 0.25) is 5.91 Å². The largest absolute Gasteiger partial charge is 0.481 e. The van der Waals surface area contributed by atoms with Gasteiger partial charge in [0.1, 0.15) is 0 Å². The lowest BCUT2D eigenvalue weighted by Gasteiger charge is -2.16. The highest BCUT2D eigenvalue weighted by Gasteiger charge is 2.42. The van der Waals surface area contributed by atoms with E-state index in [4.69, 9.17) is 5.11 Å². The van der Waals surface area contributed by atoms with Crippen molar-refractivity contribution in [3.63, 3.8) is 0 Å². The number of benzene rings is 1. The van der Waals surface area contributed by atoms with Crippen molar-refractivity contribution in [1.29, 1.82) is 0 Å². The van der Waals surface area contributed by atoms with Crippen LogP contribution in [-0.2, 0) is 16.0 Å². The van der Waals surface area contributed by atoms with Gasteiger partial charge in [-0.25, -0.2) is 4.79 Å². The molecule has 1 aromatic carbocycles. The van der Waals surface area contributed by atoms with Crippen molar-refractivity contribution in [3.8, 4) is 0 Å². The van der Waals surface area contributed by atoms with Crippen LogP contribution in [0.1, 0.15) is 37.7 Å². The standard InChI is InChI=1S/C19H25N3O4S/c23-16(20-13-8-5-12(6-9-13)7-10-17(24)25)4-2-1-3-15-18-14(11-27-15)21-19(26)22-18/h5-6,8-9,14-15,18H,1-4,7,10-11H2,(H,20,23)(H,24,25)(H2,21,22,26)/t14-,15-,18-/m0/s1. The minimum atomic E-state index is -0.814. The normalized spacial score (nSPS) is 23.4. The molecule has 0 radical (unpaired) electrons. The van der Waals surface area contributed by atoms with Crippen molar-refractivity contribution in [2.24, 2.45) is 0 Å². The number of rotatable bonds is 9. The molecule has 8 heteroatoms. The third-order valence-corrected chi connectivity index (χ3v) is 6.45. The van der Waals surface area contributed by atoms with Crippen LogP contribution in [-0.4, -0.2) is 46.1 Å². The molecule has 0 saturated carbocycles. The number of carboxylic acid groups (broad SMARTS) is 1. The Morgan fingerprint density at radius 3 is 2.67 bits per heavy atom. The molecule has 0 aliphatic carbocycles. The predicted octanol–water partition coefficient (Wildman–Crippen LogP) is 2.37. The Morgan fingerprint density at radius 1 is 1.15 bits per heavy atom. The number of aliphatic carboxylic acids is 1. The van der Waals surface area contributed by atoms with E-state index in [0.717, 1.165) is 36.3 Å². The summed E-state index contributed by atoms with van der Waals surface area (Å²) in [6.45, 7) is 0. The summed E-state index contributed by atoms with van der Waals surface area (Å²) in [6.07, 6.45) is 3.83. The van der Waals surface area contributed by atoms with Gasteiger partial charge >= 0.3 is 12.0 Å². The number of thioether (sulfide) groups is 1. The predicted molar refractivity (Wildman–Crippen MR) is 105 cm³/mol. The number of hydrogen-bond acceptors (Lipinski definition) is 4. The molecule has 2 saturated heterocycles. The van der Waals surface area contributed by atoms with E-state index in [1.165, 1.54) is 0 Å². The average molecular weight is 391 g/mol. The van der Waals surface area contributed by atoms with Crippen LogP contribution in [0.4, 0.5) is 10.5 Å². The third-order valence-electron chi connectivity index (χ3n) is 4.95. The second-order valence-corrected chi connectivity index (χ2v) is 8.28. The van der Waals surface area contributed by atoms with Crippen LogP contribution in [0, 0.1) is 0 Å². The number of aryl methyl sites for hydroxylation is 1. The number of fused-ring (bicyclic) bond motifs is 1. The van der Waals surface area contributed by atoms with Crippen molar-refractivity contribution >= 4 is 35.4 Å². The molecule has 3 rings (SSSR count). The van der Waals surface area contributed by atoms with Gasteiger partial charge in [0.05, 0.1) is 12.1 Å². The Kier molecular flexibility index (Phi) is 6.60. The summed E-state index contributed by atoms with van der Waals surface area (Å²) < 4.78 is 0. The summed E-state index contributed by atoms with van der Waals surface area (Å²) in [5.74, 6) is 0.128. The molecule has 7 nitrogen and oxygen atoms in total. The minimum Gasteiger partial charge on any atom is -0.481 e. The van der Waals surface area contributed by atoms with Crippen LogP contribution in [0.2, 0.25) is 0 Å². The van der Waals surface area contributed by atoms with E-state index >= 15 is 0 Å². The van der Waals surface area contributed by atoms with Crippen molar-refractivity contribution in [3.05, 3.63) is 29.8 Å². The summed E-state index contributed by atoms with van der Waals surface area (Å²) in [4.78, 5) is 34.0. The summed E-state index contributed by atoms with van der Waals surface area (Å²) >= 11 is 1.89. The lowest BCUT2D eigenvalue weighted by atomic mass is 10.0. The molecule has 0 bridgehead atoms. The molecule has 2 aliphatic rings. The number of carbonyl (C=O) groups excluding carboxylic acids is 2. The molecular weight excluding hydrogens is 366 g/mol. The number of unbranched alkanes of at least 4 members (excludes halogenated alkanes) is 1. The number of urea groups is 1. The van der Waals surface area contributed by atoms with Crippen LogP contribution in [0.25, 0.3) is 0 Å². The molecule has 0 spiro atoms. The van der Waals surface area contributed by atoms with E-state index < -0.39 is 5.97 Å². The Morgan fingerprint density at radius 2 is 1.93 bits per heavy atom. The Labute approximate surface area is 162 Å². The van der Waals surface area contributed by atoms with E-state index in [1.54, 1.807) is 12.1 Å². The van der Waals surface area contributed by atoms with Crippen LogP contribution in [0.3, 0.4) is 0 Å². The lowest BCUT2D eigenvalue weighted by molar-refractivity contribution is -0.137. The van der Waals surface area contributed by atoms with Gasteiger partial charge in [-0.05, 0) is 37.0 Å². The minimum absolute atomic E-state index is 0.0129. The maximum Gasteiger partial charge on any atom is 0.315 e. The summed E-state index contributed by atoms with van der Waals surface area (Å²) in [5.41, 5.74) is 1.67. The monoisotopic (exact) mass is 391 g/mol. The van der Waals surface area contributed by atoms with Crippen LogP contribution in [0.15, 0.2) is 24.3 Å². The van der Waals surface area contributed by atoms with Gasteiger partial charge in [0, 0.05) is 29.5 Å². The average Bonchev–Trinajstić information content (AvgIpc) is 3.17. The number of nitrogens with one attached hydrogen (secondary N) is 3. The Hall–Kier alpha value is -2.22. The number of carbonyl (C=O) groups is 3. The van der Waals surface area contributed by atoms with Crippen LogP contribution < -0.4 is 16.0 Å². The van der Waals surface area contributed by atoms with Gasteiger partial charge in [-0.2, -0.15) is 11.8 Å². The van der Waals surface area contributed by atoms with Gasteiger partial charge in [-0.1, -0.05) is 18.6 Å². The zero-order chi connectivity index (χ0) is 19.2. The highest BCUT2D eigenvalue weighted by atomic mass is 32.2. The number of carboxylic acids is 1. The SMILES string of the molecule is O=C(O)CCc1ccc(NC(=O)CCCC[C@@H]2SC[C@@H]3NC(=O)N[C@@H]32)cc1. The Bertz CT molecular complexity index is 695. The highest BCUT2D eigenvalue weighted by Crippen LogP contribution is 2.33. The fraction of sp³-hybridized carbons (Fsp3) is 0.526. The van der Waals surface area contributed by atoms with Gasteiger partial charge in [-0.3, -0.25) is 9.59 Å². The van der Waals surface area contributed by atoms with Crippen LogP contribution in [0.5, 0.6) is 0 Å². The molecule has 1 aromatic rings.